The number of nitrogens with zero attached hydrogens (tertiary/aromatic N) is 1. The molecular formula is C17H17NO2. The third-order valence-electron chi connectivity index (χ3n) is 3.82. The zero-order valence-corrected chi connectivity index (χ0v) is 11.2. The van der Waals surface area contributed by atoms with E-state index >= 15 is 0 Å². The Kier molecular flexibility index (Phi) is 3.52. The number of aldehydes is 1. The van der Waals surface area contributed by atoms with Gasteiger partial charge in [-0.2, -0.15) is 0 Å². The molecule has 1 aliphatic rings. The Balaban J connectivity index is 1.79. The number of fused-ring (bicyclic) bond motifs is 1. The predicted octanol–water partition coefficient (Wildman–Crippen LogP) is 2.76. The van der Waals surface area contributed by atoms with Crippen molar-refractivity contribution in [1.82, 2.24) is 4.90 Å². The number of benzene rings is 2. The summed E-state index contributed by atoms with van der Waals surface area (Å²) in [4.78, 5) is 13.3. The van der Waals surface area contributed by atoms with Gasteiger partial charge in [0.25, 0.3) is 0 Å². The molecule has 2 aromatic rings. The molecule has 3 nitrogen and oxygen atoms in total. The van der Waals surface area contributed by atoms with Crippen LogP contribution in [0.15, 0.2) is 42.5 Å². The van der Waals surface area contributed by atoms with Crippen molar-refractivity contribution in [3.8, 4) is 5.75 Å². The van der Waals surface area contributed by atoms with Crippen LogP contribution in [-0.4, -0.2) is 22.8 Å². The number of aromatic hydroxyl groups is 1. The Morgan fingerprint density at radius 3 is 2.70 bits per heavy atom. The van der Waals surface area contributed by atoms with Crippen LogP contribution in [0.2, 0.25) is 0 Å². The first-order chi connectivity index (χ1) is 9.76. The minimum absolute atomic E-state index is 0.0928. The fourth-order valence-electron chi connectivity index (χ4n) is 2.74. The smallest absolute Gasteiger partial charge is 0.153 e. The molecule has 0 unspecified atom stereocenters. The fourth-order valence-corrected chi connectivity index (χ4v) is 2.74. The molecule has 3 rings (SSSR count). The van der Waals surface area contributed by atoms with Gasteiger partial charge in [-0.25, -0.2) is 0 Å². The molecule has 0 fully saturated rings. The minimum atomic E-state index is 0.0928. The van der Waals surface area contributed by atoms with Gasteiger partial charge in [0.05, 0.1) is 5.56 Å². The quantitative estimate of drug-likeness (QED) is 0.869. The molecule has 0 atom stereocenters. The van der Waals surface area contributed by atoms with Crippen molar-refractivity contribution in [3.05, 3.63) is 64.7 Å². The first kappa shape index (κ1) is 12.9. The molecule has 1 aliphatic heterocycles. The Morgan fingerprint density at radius 1 is 1.15 bits per heavy atom. The van der Waals surface area contributed by atoms with Gasteiger partial charge < -0.3 is 5.11 Å². The highest BCUT2D eigenvalue weighted by atomic mass is 16.3. The van der Waals surface area contributed by atoms with Crippen molar-refractivity contribution in [2.75, 3.05) is 6.54 Å². The van der Waals surface area contributed by atoms with Gasteiger partial charge in [0, 0.05) is 19.6 Å². The van der Waals surface area contributed by atoms with E-state index in [1.165, 1.54) is 5.56 Å². The zero-order valence-electron chi connectivity index (χ0n) is 11.2. The normalized spacial score (nSPS) is 14.8. The number of rotatable bonds is 3. The van der Waals surface area contributed by atoms with Crippen molar-refractivity contribution in [1.29, 1.82) is 0 Å². The number of hydrogen-bond acceptors (Lipinski definition) is 3. The summed E-state index contributed by atoms with van der Waals surface area (Å²) < 4.78 is 0. The summed E-state index contributed by atoms with van der Waals surface area (Å²) in [6, 6.07) is 13.9. The van der Waals surface area contributed by atoms with E-state index in [1.807, 2.05) is 12.1 Å². The standard InChI is InChI=1S/C17H17NO2/c19-12-16-8-15-11-18(7-6-14(15)9-17(16)20)10-13-4-2-1-3-5-13/h1-5,8-9,12,20H,6-7,10-11H2. The maximum absolute atomic E-state index is 10.9. The van der Waals surface area contributed by atoms with Crippen LogP contribution >= 0.6 is 0 Å². The molecule has 1 heterocycles. The van der Waals surface area contributed by atoms with Crippen molar-refractivity contribution < 1.29 is 9.90 Å². The second-order valence-corrected chi connectivity index (χ2v) is 5.24. The van der Waals surface area contributed by atoms with E-state index in [2.05, 4.69) is 29.2 Å². The van der Waals surface area contributed by atoms with Crippen LogP contribution in [0.5, 0.6) is 5.75 Å². The number of hydrogen-bond donors (Lipinski definition) is 1. The molecule has 102 valence electrons. The maximum atomic E-state index is 10.9. The molecular weight excluding hydrogens is 250 g/mol. The summed E-state index contributed by atoms with van der Waals surface area (Å²) in [5.41, 5.74) is 3.97. The van der Waals surface area contributed by atoms with Crippen molar-refractivity contribution in [3.63, 3.8) is 0 Å². The van der Waals surface area contributed by atoms with Gasteiger partial charge in [0.15, 0.2) is 6.29 Å². The maximum Gasteiger partial charge on any atom is 0.153 e. The van der Waals surface area contributed by atoms with Crippen molar-refractivity contribution in [2.24, 2.45) is 0 Å². The van der Waals surface area contributed by atoms with E-state index in [-0.39, 0.29) is 5.75 Å². The number of carbonyl (C=O) groups excluding carboxylic acids is 1. The van der Waals surface area contributed by atoms with Gasteiger partial charge in [0.2, 0.25) is 0 Å². The molecule has 0 aliphatic carbocycles. The lowest BCUT2D eigenvalue weighted by atomic mass is 9.96. The van der Waals surface area contributed by atoms with Gasteiger partial charge in [-0.1, -0.05) is 30.3 Å². The first-order valence-corrected chi connectivity index (χ1v) is 6.82. The second kappa shape index (κ2) is 5.47. The fraction of sp³-hybridized carbons (Fsp3) is 0.235. The molecule has 1 N–H and O–H groups in total. The second-order valence-electron chi connectivity index (χ2n) is 5.24. The molecule has 0 saturated heterocycles. The van der Waals surface area contributed by atoms with Crippen molar-refractivity contribution >= 4 is 6.29 Å². The summed E-state index contributed by atoms with van der Waals surface area (Å²) in [7, 11) is 0. The first-order valence-electron chi connectivity index (χ1n) is 6.82. The average Bonchev–Trinajstić information content (AvgIpc) is 2.48. The monoisotopic (exact) mass is 267 g/mol. The van der Waals surface area contributed by atoms with Gasteiger partial charge >= 0.3 is 0 Å². The number of carbonyl (C=O) groups is 1. The molecule has 20 heavy (non-hydrogen) atoms. The lowest BCUT2D eigenvalue weighted by molar-refractivity contribution is 0.112. The lowest BCUT2D eigenvalue weighted by Gasteiger charge is -2.29. The van der Waals surface area contributed by atoms with Crippen LogP contribution in [0.3, 0.4) is 0 Å². The molecule has 2 aromatic carbocycles. The van der Waals surface area contributed by atoms with E-state index in [0.717, 1.165) is 37.2 Å². The Hall–Kier alpha value is -2.13. The summed E-state index contributed by atoms with van der Waals surface area (Å²) >= 11 is 0. The summed E-state index contributed by atoms with van der Waals surface area (Å²) in [5.74, 6) is 0.0928. The third kappa shape index (κ3) is 2.58. The molecule has 0 spiro atoms. The summed E-state index contributed by atoms with van der Waals surface area (Å²) in [6.45, 7) is 2.71. The summed E-state index contributed by atoms with van der Waals surface area (Å²) in [6.07, 6.45) is 1.63. The molecule has 0 radical (unpaired) electrons. The third-order valence-corrected chi connectivity index (χ3v) is 3.82. The van der Waals surface area contributed by atoms with Crippen LogP contribution in [0.1, 0.15) is 27.0 Å². The van der Waals surface area contributed by atoms with E-state index in [1.54, 1.807) is 6.07 Å². The van der Waals surface area contributed by atoms with Crippen molar-refractivity contribution in [2.45, 2.75) is 19.5 Å². The van der Waals surface area contributed by atoms with Gasteiger partial charge in [-0.3, -0.25) is 9.69 Å². The lowest BCUT2D eigenvalue weighted by Crippen LogP contribution is -2.30. The topological polar surface area (TPSA) is 40.5 Å². The van der Waals surface area contributed by atoms with Crippen LogP contribution in [-0.2, 0) is 19.5 Å². The molecule has 0 aromatic heterocycles. The van der Waals surface area contributed by atoms with Crippen LogP contribution < -0.4 is 0 Å². The highest BCUT2D eigenvalue weighted by Crippen LogP contribution is 2.26. The van der Waals surface area contributed by atoms with Gasteiger partial charge in [-0.05, 0) is 35.2 Å². The Labute approximate surface area is 118 Å². The molecule has 0 amide bonds. The van der Waals surface area contributed by atoms with E-state index in [9.17, 15) is 9.90 Å². The summed E-state index contributed by atoms with van der Waals surface area (Å²) in [5, 5.41) is 9.72. The predicted molar refractivity (Wildman–Crippen MR) is 77.8 cm³/mol. The highest BCUT2D eigenvalue weighted by Gasteiger charge is 2.18. The number of phenolic OH excluding ortho intramolecular Hbond substituents is 1. The zero-order chi connectivity index (χ0) is 13.9. The molecule has 0 saturated carbocycles. The minimum Gasteiger partial charge on any atom is -0.507 e. The van der Waals surface area contributed by atoms with Crippen LogP contribution in [0.25, 0.3) is 0 Å². The SMILES string of the molecule is O=Cc1cc2c(cc1O)CCN(Cc1ccccc1)C2. The largest absolute Gasteiger partial charge is 0.507 e. The number of phenols is 1. The Morgan fingerprint density at radius 2 is 1.95 bits per heavy atom. The molecule has 0 bridgehead atoms. The highest BCUT2D eigenvalue weighted by molar-refractivity contribution is 5.79. The van der Waals surface area contributed by atoms with E-state index in [4.69, 9.17) is 0 Å². The average molecular weight is 267 g/mol. The van der Waals surface area contributed by atoms with Crippen LogP contribution in [0.4, 0.5) is 0 Å². The van der Waals surface area contributed by atoms with Crippen LogP contribution in [0, 0.1) is 0 Å². The Bertz CT molecular complexity index is 622. The van der Waals surface area contributed by atoms with E-state index < -0.39 is 0 Å². The molecule has 3 heteroatoms. The van der Waals surface area contributed by atoms with Gasteiger partial charge in [0.1, 0.15) is 5.75 Å². The van der Waals surface area contributed by atoms with Gasteiger partial charge in [-0.15, -0.1) is 0 Å². The van der Waals surface area contributed by atoms with E-state index in [0.29, 0.717) is 11.8 Å².